The predicted octanol–water partition coefficient (Wildman–Crippen LogP) is 1.95. The van der Waals surface area contributed by atoms with Crippen LogP contribution in [0.3, 0.4) is 0 Å². The second-order valence-electron chi connectivity index (χ2n) is 4.62. The molecule has 1 aromatic rings. The van der Waals surface area contributed by atoms with E-state index < -0.39 is 0 Å². The predicted molar refractivity (Wildman–Crippen MR) is 68.6 cm³/mol. The lowest BCUT2D eigenvalue weighted by molar-refractivity contribution is 0.0751. The van der Waals surface area contributed by atoms with E-state index in [-0.39, 0.29) is 18.4 Å². The van der Waals surface area contributed by atoms with Gasteiger partial charge >= 0.3 is 0 Å². The van der Waals surface area contributed by atoms with E-state index in [1.54, 1.807) is 11.8 Å². The number of rotatable bonds is 6. The van der Waals surface area contributed by atoms with Crippen molar-refractivity contribution in [2.24, 2.45) is 0 Å². The first-order valence-electron chi connectivity index (χ1n) is 6.39. The van der Waals surface area contributed by atoms with Gasteiger partial charge in [0.25, 0.3) is 5.91 Å². The van der Waals surface area contributed by atoms with E-state index in [4.69, 9.17) is 9.63 Å². The molecule has 18 heavy (non-hydrogen) atoms. The van der Waals surface area contributed by atoms with Gasteiger partial charge in [-0.1, -0.05) is 19.0 Å². The van der Waals surface area contributed by atoms with Crippen molar-refractivity contribution in [3.05, 3.63) is 17.0 Å². The number of amides is 1. The van der Waals surface area contributed by atoms with Crippen molar-refractivity contribution in [2.75, 3.05) is 19.7 Å². The molecular weight excluding hydrogens is 232 g/mol. The molecule has 0 saturated heterocycles. The number of hydrogen-bond acceptors (Lipinski definition) is 4. The second kappa shape index (κ2) is 6.54. The number of carbonyl (C=O) groups excluding carboxylic acids is 1. The number of nitrogens with zero attached hydrogens (tertiary/aromatic N) is 2. The molecular formula is C13H22N2O3. The van der Waals surface area contributed by atoms with E-state index in [0.717, 1.165) is 0 Å². The van der Waals surface area contributed by atoms with E-state index in [2.05, 4.69) is 5.16 Å². The summed E-state index contributed by atoms with van der Waals surface area (Å²) in [6.07, 6.45) is 0.584. The van der Waals surface area contributed by atoms with Gasteiger partial charge in [-0.2, -0.15) is 0 Å². The molecule has 0 aliphatic carbocycles. The summed E-state index contributed by atoms with van der Waals surface area (Å²) in [6.45, 7) is 8.90. The highest BCUT2D eigenvalue weighted by Crippen LogP contribution is 2.23. The van der Waals surface area contributed by atoms with Crippen molar-refractivity contribution in [1.82, 2.24) is 10.1 Å². The number of aliphatic hydroxyl groups excluding tert-OH is 1. The maximum absolute atomic E-state index is 12.4. The van der Waals surface area contributed by atoms with Crippen molar-refractivity contribution < 1.29 is 14.4 Å². The van der Waals surface area contributed by atoms with Crippen molar-refractivity contribution in [3.8, 4) is 0 Å². The van der Waals surface area contributed by atoms with E-state index >= 15 is 0 Å². The minimum atomic E-state index is -0.0617. The summed E-state index contributed by atoms with van der Waals surface area (Å²) in [4.78, 5) is 14.1. The molecule has 0 saturated carbocycles. The van der Waals surface area contributed by atoms with Gasteiger partial charge in [0.15, 0.2) is 5.76 Å². The van der Waals surface area contributed by atoms with Crippen LogP contribution in [0.2, 0.25) is 0 Å². The molecule has 5 nitrogen and oxygen atoms in total. The average molecular weight is 254 g/mol. The largest absolute Gasteiger partial charge is 0.396 e. The van der Waals surface area contributed by atoms with Gasteiger partial charge in [-0.25, -0.2) is 0 Å². The number of aromatic nitrogens is 1. The van der Waals surface area contributed by atoms with Gasteiger partial charge in [-0.05, 0) is 20.3 Å². The van der Waals surface area contributed by atoms with Crippen LogP contribution >= 0.6 is 0 Å². The quantitative estimate of drug-likeness (QED) is 0.842. The van der Waals surface area contributed by atoms with Crippen LogP contribution < -0.4 is 0 Å². The fraction of sp³-hybridized carbons (Fsp3) is 0.692. The summed E-state index contributed by atoms with van der Waals surface area (Å²) in [6, 6.07) is 0. The highest BCUT2D eigenvalue weighted by Gasteiger charge is 2.25. The van der Waals surface area contributed by atoms with Crippen LogP contribution in [0, 0.1) is 6.92 Å². The SMILES string of the molecule is CCN(CCCO)C(=O)c1c(C)noc1C(C)C. The molecule has 0 bridgehead atoms. The number of carbonyl (C=O) groups is 1. The summed E-state index contributed by atoms with van der Waals surface area (Å²) in [5.41, 5.74) is 1.20. The first kappa shape index (κ1) is 14.7. The molecule has 0 aliphatic rings. The lowest BCUT2D eigenvalue weighted by Crippen LogP contribution is -2.33. The lowest BCUT2D eigenvalue weighted by Gasteiger charge is -2.20. The van der Waals surface area contributed by atoms with Crippen LogP contribution in [0.4, 0.5) is 0 Å². The molecule has 0 aromatic carbocycles. The van der Waals surface area contributed by atoms with Crippen molar-refractivity contribution in [1.29, 1.82) is 0 Å². The topological polar surface area (TPSA) is 66.6 Å². The Bertz CT molecular complexity index is 399. The minimum absolute atomic E-state index is 0.0617. The summed E-state index contributed by atoms with van der Waals surface area (Å²) < 4.78 is 5.23. The van der Waals surface area contributed by atoms with Gasteiger partial charge in [0.2, 0.25) is 0 Å². The summed E-state index contributed by atoms with van der Waals surface area (Å²) >= 11 is 0. The maximum atomic E-state index is 12.4. The Labute approximate surface area is 108 Å². The third kappa shape index (κ3) is 3.10. The van der Waals surface area contributed by atoms with Crippen LogP contribution in [0.1, 0.15) is 54.9 Å². The standard InChI is InChI=1S/C13H22N2O3/c1-5-15(7-6-8-16)13(17)11-10(4)14-18-12(11)9(2)3/h9,16H,5-8H2,1-4H3. The molecule has 1 aromatic heterocycles. The van der Waals surface area contributed by atoms with Gasteiger partial charge in [-0.3, -0.25) is 4.79 Å². The molecule has 5 heteroatoms. The molecule has 0 fully saturated rings. The number of aryl methyl sites for hydroxylation is 1. The zero-order valence-electron chi connectivity index (χ0n) is 11.6. The van der Waals surface area contributed by atoms with Crippen molar-refractivity contribution in [3.63, 3.8) is 0 Å². The molecule has 1 heterocycles. The van der Waals surface area contributed by atoms with Crippen LogP contribution in [-0.4, -0.2) is 40.8 Å². The Balaban J connectivity index is 2.97. The molecule has 1 rings (SSSR count). The Hall–Kier alpha value is -1.36. The third-order valence-corrected chi connectivity index (χ3v) is 2.88. The summed E-state index contributed by atoms with van der Waals surface area (Å²) in [5, 5.41) is 12.7. The molecule has 1 amide bonds. The summed E-state index contributed by atoms with van der Waals surface area (Å²) in [5.74, 6) is 0.704. The van der Waals surface area contributed by atoms with E-state index in [9.17, 15) is 4.79 Å². The highest BCUT2D eigenvalue weighted by molar-refractivity contribution is 5.96. The van der Waals surface area contributed by atoms with Crippen LogP contribution in [-0.2, 0) is 0 Å². The molecule has 0 aliphatic heterocycles. The zero-order chi connectivity index (χ0) is 13.7. The van der Waals surface area contributed by atoms with Crippen LogP contribution in [0.25, 0.3) is 0 Å². The molecule has 0 radical (unpaired) electrons. The van der Waals surface area contributed by atoms with Crippen molar-refractivity contribution >= 4 is 5.91 Å². The Morgan fingerprint density at radius 1 is 1.50 bits per heavy atom. The minimum Gasteiger partial charge on any atom is -0.396 e. The molecule has 0 atom stereocenters. The van der Waals surface area contributed by atoms with Crippen molar-refractivity contribution in [2.45, 2.75) is 40.0 Å². The van der Waals surface area contributed by atoms with E-state index in [1.165, 1.54) is 0 Å². The molecule has 0 spiro atoms. The molecule has 102 valence electrons. The monoisotopic (exact) mass is 254 g/mol. The third-order valence-electron chi connectivity index (χ3n) is 2.88. The first-order chi connectivity index (χ1) is 8.52. The second-order valence-corrected chi connectivity index (χ2v) is 4.62. The molecule has 1 N–H and O–H groups in total. The Kier molecular flexibility index (Phi) is 5.34. The maximum Gasteiger partial charge on any atom is 0.259 e. The highest BCUT2D eigenvalue weighted by atomic mass is 16.5. The fourth-order valence-electron chi connectivity index (χ4n) is 1.86. The van der Waals surface area contributed by atoms with E-state index in [0.29, 0.717) is 36.5 Å². The van der Waals surface area contributed by atoms with Gasteiger partial charge in [0.05, 0.1) is 5.69 Å². The normalized spacial score (nSPS) is 11.0. The molecule has 0 unspecified atom stereocenters. The van der Waals surface area contributed by atoms with Gasteiger partial charge < -0.3 is 14.5 Å². The van der Waals surface area contributed by atoms with Crippen LogP contribution in [0.15, 0.2) is 4.52 Å². The smallest absolute Gasteiger partial charge is 0.259 e. The zero-order valence-corrected chi connectivity index (χ0v) is 11.6. The first-order valence-corrected chi connectivity index (χ1v) is 6.39. The van der Waals surface area contributed by atoms with Gasteiger partial charge in [0.1, 0.15) is 5.56 Å². The van der Waals surface area contributed by atoms with Crippen LogP contribution in [0.5, 0.6) is 0 Å². The summed E-state index contributed by atoms with van der Waals surface area (Å²) in [7, 11) is 0. The number of aliphatic hydroxyl groups is 1. The Morgan fingerprint density at radius 3 is 2.67 bits per heavy atom. The van der Waals surface area contributed by atoms with Gasteiger partial charge in [0, 0.05) is 25.6 Å². The van der Waals surface area contributed by atoms with Gasteiger partial charge in [-0.15, -0.1) is 0 Å². The lowest BCUT2D eigenvalue weighted by atomic mass is 10.0. The Morgan fingerprint density at radius 2 is 2.17 bits per heavy atom. The average Bonchev–Trinajstić information content (AvgIpc) is 2.72. The van der Waals surface area contributed by atoms with E-state index in [1.807, 2.05) is 20.8 Å². The fourth-order valence-corrected chi connectivity index (χ4v) is 1.86. The number of hydrogen-bond donors (Lipinski definition) is 1.